The van der Waals surface area contributed by atoms with Crippen LogP contribution in [0.2, 0.25) is 18.1 Å². The molecule has 4 nitrogen and oxygen atoms in total. The first kappa shape index (κ1) is 22.9. The Morgan fingerprint density at radius 2 is 1.69 bits per heavy atom. The van der Waals surface area contributed by atoms with Gasteiger partial charge >= 0.3 is 0 Å². The highest BCUT2D eigenvalue weighted by atomic mass is 28.4. The highest BCUT2D eigenvalue weighted by molar-refractivity contribution is 6.74. The molecule has 0 radical (unpaired) electrons. The van der Waals surface area contributed by atoms with Crippen molar-refractivity contribution in [3.8, 4) is 5.75 Å². The number of benzene rings is 1. The van der Waals surface area contributed by atoms with Crippen LogP contribution < -0.4 is 4.74 Å². The molecule has 1 aromatic rings. The number of rotatable bonds is 10. The minimum atomic E-state index is -1.95. The molecular weight excluding hydrogens is 344 g/mol. The normalized spacial score (nSPS) is 16.0. The molecule has 0 saturated carbocycles. The van der Waals surface area contributed by atoms with Crippen molar-refractivity contribution in [1.82, 2.24) is 0 Å². The van der Waals surface area contributed by atoms with Gasteiger partial charge in [-0.15, -0.1) is 0 Å². The zero-order valence-corrected chi connectivity index (χ0v) is 18.7. The lowest BCUT2D eigenvalue weighted by Gasteiger charge is -2.42. The van der Waals surface area contributed by atoms with Gasteiger partial charge in [0.25, 0.3) is 0 Å². The molecule has 0 N–H and O–H groups in total. The van der Waals surface area contributed by atoms with E-state index in [1.54, 1.807) is 7.11 Å². The van der Waals surface area contributed by atoms with Crippen LogP contribution >= 0.6 is 0 Å². The number of ether oxygens (including phenoxy) is 2. The van der Waals surface area contributed by atoms with Gasteiger partial charge in [-0.1, -0.05) is 46.8 Å². The van der Waals surface area contributed by atoms with Crippen molar-refractivity contribution in [2.24, 2.45) is 11.8 Å². The fraction of sp³-hybridized carbons (Fsp3) is 0.667. The van der Waals surface area contributed by atoms with Crippen molar-refractivity contribution in [3.63, 3.8) is 0 Å². The Hall–Kier alpha value is -1.17. The lowest BCUT2D eigenvalue weighted by Crippen LogP contribution is -2.48. The van der Waals surface area contributed by atoms with E-state index in [1.165, 1.54) is 0 Å². The number of hydrogen-bond donors (Lipinski definition) is 0. The summed E-state index contributed by atoms with van der Waals surface area (Å²) in [4.78, 5) is 11.4. The average molecular weight is 381 g/mol. The van der Waals surface area contributed by atoms with Gasteiger partial charge in [0, 0.05) is 11.8 Å². The van der Waals surface area contributed by atoms with Crippen molar-refractivity contribution in [2.45, 2.75) is 65.5 Å². The molecule has 0 aliphatic carbocycles. The second kappa shape index (κ2) is 9.67. The van der Waals surface area contributed by atoms with E-state index >= 15 is 0 Å². The van der Waals surface area contributed by atoms with Gasteiger partial charge in [-0.3, -0.25) is 0 Å². The Labute approximate surface area is 160 Å². The van der Waals surface area contributed by atoms with E-state index in [-0.39, 0.29) is 23.0 Å². The van der Waals surface area contributed by atoms with E-state index in [4.69, 9.17) is 13.9 Å². The van der Waals surface area contributed by atoms with Gasteiger partial charge < -0.3 is 18.7 Å². The van der Waals surface area contributed by atoms with Crippen molar-refractivity contribution in [1.29, 1.82) is 0 Å². The summed E-state index contributed by atoms with van der Waals surface area (Å²) in [6, 6.07) is 7.86. The molecule has 0 amide bonds. The van der Waals surface area contributed by atoms with E-state index in [2.05, 4.69) is 40.8 Å². The zero-order chi connectivity index (χ0) is 20.0. The van der Waals surface area contributed by atoms with Gasteiger partial charge in [0.15, 0.2) is 8.32 Å². The summed E-state index contributed by atoms with van der Waals surface area (Å²) in [7, 11) is -0.295. The molecule has 26 heavy (non-hydrogen) atoms. The fourth-order valence-electron chi connectivity index (χ4n) is 2.52. The van der Waals surface area contributed by atoms with Crippen molar-refractivity contribution in [3.05, 3.63) is 29.8 Å². The van der Waals surface area contributed by atoms with Gasteiger partial charge in [-0.2, -0.15) is 0 Å². The quantitative estimate of drug-likeness (QED) is 0.420. The fourth-order valence-corrected chi connectivity index (χ4v) is 4.00. The van der Waals surface area contributed by atoms with Crippen LogP contribution in [0.25, 0.3) is 0 Å². The van der Waals surface area contributed by atoms with Crippen LogP contribution in [0.15, 0.2) is 24.3 Å². The molecule has 1 aromatic carbocycles. The van der Waals surface area contributed by atoms with E-state index < -0.39 is 8.32 Å². The van der Waals surface area contributed by atoms with Crippen molar-refractivity contribution in [2.75, 3.05) is 13.7 Å². The number of carbonyl (C=O) groups is 1. The number of aldehydes is 1. The molecule has 0 saturated heterocycles. The smallest absolute Gasteiger partial charge is 0.192 e. The molecular formula is C21H36O4Si. The Morgan fingerprint density at radius 3 is 2.15 bits per heavy atom. The summed E-state index contributed by atoms with van der Waals surface area (Å²) in [6.45, 7) is 16.2. The maximum absolute atomic E-state index is 11.4. The van der Waals surface area contributed by atoms with Crippen molar-refractivity contribution >= 4 is 14.6 Å². The van der Waals surface area contributed by atoms with E-state index in [1.807, 2.05) is 31.2 Å². The second-order valence-corrected chi connectivity index (χ2v) is 13.4. The van der Waals surface area contributed by atoms with Gasteiger partial charge in [0.05, 0.1) is 26.4 Å². The standard InChI is InChI=1S/C21H36O4Si/c1-16(13-22)20(25-26(7,8)21(3,4)5)17(2)14-24-15-18-9-11-19(23-6)12-10-18/h9-13,16-17,20H,14-15H2,1-8H3/t16-,17+,20-/m1/s1. The Balaban J connectivity index is 2.68. The largest absolute Gasteiger partial charge is 0.497 e. The Kier molecular flexibility index (Phi) is 8.51. The molecule has 0 fully saturated rings. The maximum atomic E-state index is 11.4. The maximum Gasteiger partial charge on any atom is 0.192 e. The molecule has 0 unspecified atom stereocenters. The number of hydrogen-bond acceptors (Lipinski definition) is 4. The van der Waals surface area contributed by atoms with E-state index in [0.717, 1.165) is 17.6 Å². The van der Waals surface area contributed by atoms with Gasteiger partial charge in [0.2, 0.25) is 0 Å². The number of methoxy groups -OCH3 is 1. The molecule has 0 heterocycles. The summed E-state index contributed by atoms with van der Waals surface area (Å²) in [5.74, 6) is 0.830. The first-order chi connectivity index (χ1) is 12.0. The summed E-state index contributed by atoms with van der Waals surface area (Å²) in [6.07, 6.45) is 0.877. The highest BCUT2D eigenvalue weighted by Crippen LogP contribution is 2.39. The first-order valence-electron chi connectivity index (χ1n) is 9.35. The van der Waals surface area contributed by atoms with Gasteiger partial charge in [0.1, 0.15) is 12.0 Å². The Bertz CT molecular complexity index is 548. The summed E-state index contributed by atoms with van der Waals surface area (Å²) in [5, 5.41) is 0.109. The van der Waals surface area contributed by atoms with Crippen molar-refractivity contribution < 1.29 is 18.7 Å². The third-order valence-electron chi connectivity index (χ3n) is 5.34. The van der Waals surface area contributed by atoms with Crippen LogP contribution in [0.4, 0.5) is 0 Å². The molecule has 0 aliphatic heterocycles. The zero-order valence-electron chi connectivity index (χ0n) is 17.7. The van der Waals surface area contributed by atoms with Gasteiger partial charge in [-0.25, -0.2) is 0 Å². The average Bonchev–Trinajstić information content (AvgIpc) is 2.58. The minimum Gasteiger partial charge on any atom is -0.497 e. The molecule has 1 rings (SSSR count). The third kappa shape index (κ3) is 6.52. The molecule has 0 aliphatic rings. The molecule has 0 bridgehead atoms. The summed E-state index contributed by atoms with van der Waals surface area (Å²) >= 11 is 0. The lowest BCUT2D eigenvalue weighted by molar-refractivity contribution is -0.114. The monoisotopic (exact) mass is 380 g/mol. The predicted octanol–water partition coefficient (Wildman–Crippen LogP) is 5.07. The van der Waals surface area contributed by atoms with Crippen LogP contribution in [-0.4, -0.2) is 34.4 Å². The molecule has 0 aromatic heterocycles. The molecule has 5 heteroatoms. The predicted molar refractivity (Wildman–Crippen MR) is 109 cm³/mol. The van der Waals surface area contributed by atoms with Gasteiger partial charge in [-0.05, 0) is 35.8 Å². The molecule has 3 atom stereocenters. The first-order valence-corrected chi connectivity index (χ1v) is 12.3. The molecule has 148 valence electrons. The summed E-state index contributed by atoms with van der Waals surface area (Å²) in [5.41, 5.74) is 1.10. The van der Waals surface area contributed by atoms with Crippen LogP contribution in [-0.2, 0) is 20.6 Å². The van der Waals surface area contributed by atoms with Crippen LogP contribution in [0.1, 0.15) is 40.2 Å². The SMILES string of the molecule is COc1ccc(COC[C@H](C)[C@H](O[Si](C)(C)C(C)(C)C)[C@H](C)C=O)cc1. The van der Waals surface area contributed by atoms with Crippen LogP contribution in [0.5, 0.6) is 5.75 Å². The van der Waals surface area contributed by atoms with E-state index in [9.17, 15) is 4.79 Å². The summed E-state index contributed by atoms with van der Waals surface area (Å²) < 4.78 is 17.6. The van der Waals surface area contributed by atoms with Crippen LogP contribution in [0.3, 0.4) is 0 Å². The highest BCUT2D eigenvalue weighted by Gasteiger charge is 2.41. The second-order valence-electron chi connectivity index (χ2n) is 8.68. The third-order valence-corrected chi connectivity index (χ3v) is 9.81. The number of carbonyl (C=O) groups excluding carboxylic acids is 1. The Morgan fingerprint density at radius 1 is 1.12 bits per heavy atom. The minimum absolute atomic E-state index is 0.109. The topological polar surface area (TPSA) is 44.8 Å². The van der Waals surface area contributed by atoms with E-state index in [0.29, 0.717) is 13.2 Å². The lowest BCUT2D eigenvalue weighted by atomic mass is 9.95. The molecule has 0 spiro atoms. The van der Waals surface area contributed by atoms with Crippen LogP contribution in [0, 0.1) is 11.8 Å².